The molecule has 0 aliphatic heterocycles. The molecular weight excluding hydrogens is 186 g/mol. The van der Waals surface area contributed by atoms with E-state index in [9.17, 15) is 4.39 Å². The molecule has 0 aromatic heterocycles. The molecule has 0 spiro atoms. The smallest absolute Gasteiger partial charge is 0.123 e. The lowest BCUT2D eigenvalue weighted by Gasteiger charge is -2.15. The van der Waals surface area contributed by atoms with Crippen LogP contribution in [0.15, 0.2) is 54.6 Å². The molecule has 2 radical (unpaired) electrons. The van der Waals surface area contributed by atoms with E-state index in [1.165, 1.54) is 17.6 Å². The van der Waals surface area contributed by atoms with E-state index in [1.807, 2.05) is 30.3 Å². The predicted octanol–water partition coefficient (Wildman–Crippen LogP) is 2.36. The van der Waals surface area contributed by atoms with Crippen LogP contribution in [0.3, 0.4) is 0 Å². The molecule has 0 heterocycles. The van der Waals surface area contributed by atoms with Gasteiger partial charge in [0.15, 0.2) is 0 Å². The second kappa shape index (κ2) is 4.78. The van der Waals surface area contributed by atoms with Gasteiger partial charge in [-0.15, -0.1) is 12.1 Å². The van der Waals surface area contributed by atoms with E-state index in [2.05, 4.69) is 19.4 Å². The summed E-state index contributed by atoms with van der Waals surface area (Å²) >= 11 is 0. The first-order chi connectivity index (χ1) is 7.34. The first-order valence-corrected chi connectivity index (χ1v) is 4.97. The highest BCUT2D eigenvalue weighted by Gasteiger charge is 1.87. The fraction of sp³-hybridized carbons (Fsp3) is 0.0769. The summed E-state index contributed by atoms with van der Waals surface area (Å²) in [5.41, 5.74) is 2.32. The van der Waals surface area contributed by atoms with Crippen LogP contribution < -0.4 is 5.46 Å². The molecule has 2 rings (SSSR count). The van der Waals surface area contributed by atoms with Gasteiger partial charge in [-0.2, -0.15) is 0 Å². The van der Waals surface area contributed by atoms with Crippen LogP contribution in [-0.2, 0) is 6.32 Å². The number of rotatable bonds is 3. The molecule has 15 heavy (non-hydrogen) atoms. The fourth-order valence-corrected chi connectivity index (χ4v) is 1.45. The van der Waals surface area contributed by atoms with E-state index >= 15 is 0 Å². The quantitative estimate of drug-likeness (QED) is 0.662. The van der Waals surface area contributed by atoms with E-state index < -0.39 is 0 Å². The van der Waals surface area contributed by atoms with Crippen molar-refractivity contribution in [2.75, 3.05) is 0 Å². The Morgan fingerprint density at radius 3 is 2.20 bits per heavy atom. The van der Waals surface area contributed by atoms with Crippen LogP contribution in [0.4, 0.5) is 4.39 Å². The molecule has 0 saturated carbocycles. The van der Waals surface area contributed by atoms with Gasteiger partial charge in [0.25, 0.3) is 0 Å². The van der Waals surface area contributed by atoms with Crippen LogP contribution in [0.2, 0.25) is 0 Å². The maximum Gasteiger partial charge on any atom is 0.123 e. The summed E-state index contributed by atoms with van der Waals surface area (Å²) in [6.07, 6.45) is 0.838. The number of halogens is 1. The first kappa shape index (κ1) is 9.97. The van der Waals surface area contributed by atoms with Gasteiger partial charge in [0.05, 0.1) is 0 Å². The summed E-state index contributed by atoms with van der Waals surface area (Å²) in [7, 11) is 2.13. The largest absolute Gasteiger partial charge is 0.291 e. The molecule has 0 aliphatic rings. The monoisotopic (exact) mass is 197 g/mol. The summed E-state index contributed by atoms with van der Waals surface area (Å²) in [6, 6.07) is 16.8. The highest BCUT2D eigenvalue weighted by atomic mass is 19.1. The lowest BCUT2D eigenvalue weighted by atomic mass is 9.65. The van der Waals surface area contributed by atoms with Crippen molar-refractivity contribution in [3.63, 3.8) is 0 Å². The lowest BCUT2D eigenvalue weighted by Crippen LogP contribution is -2.15. The van der Waals surface area contributed by atoms with Crippen molar-refractivity contribution in [3.05, 3.63) is 66.0 Å². The van der Waals surface area contributed by atoms with Crippen molar-refractivity contribution in [2.45, 2.75) is 6.32 Å². The molecule has 74 valence electrons. The average Bonchev–Trinajstić information content (AvgIpc) is 2.30. The summed E-state index contributed by atoms with van der Waals surface area (Å²) < 4.78 is 12.6. The number of hydrogen-bond donors (Lipinski definition) is 0. The molecule has 0 bridgehead atoms. The topological polar surface area (TPSA) is 0 Å². The Morgan fingerprint density at radius 2 is 1.53 bits per heavy atom. The lowest BCUT2D eigenvalue weighted by molar-refractivity contribution is 0.627. The molecule has 0 amide bonds. The van der Waals surface area contributed by atoms with Crippen molar-refractivity contribution >= 4 is 12.7 Å². The summed E-state index contributed by atoms with van der Waals surface area (Å²) in [6.45, 7) is 0. The second-order valence-electron chi connectivity index (χ2n) is 3.45. The van der Waals surface area contributed by atoms with Gasteiger partial charge in [0, 0.05) is 0 Å². The molecule has 0 unspecified atom stereocenters. The minimum absolute atomic E-state index is 0.182. The maximum atomic E-state index is 12.6. The van der Waals surface area contributed by atoms with Gasteiger partial charge in [-0.3, -0.25) is 12.7 Å². The van der Waals surface area contributed by atoms with Gasteiger partial charge < -0.3 is 0 Å². The minimum atomic E-state index is -0.182. The Morgan fingerprint density at radius 1 is 0.867 bits per heavy atom. The first-order valence-electron chi connectivity index (χ1n) is 4.97. The third-order valence-corrected chi connectivity index (χ3v) is 2.29. The van der Waals surface area contributed by atoms with Gasteiger partial charge >= 0.3 is 0 Å². The molecule has 0 fully saturated rings. The molecule has 2 aromatic carbocycles. The fourth-order valence-electron chi connectivity index (χ4n) is 1.45. The van der Waals surface area contributed by atoms with Gasteiger partial charge in [-0.25, -0.2) is 10.7 Å². The molecule has 0 nitrogen and oxygen atoms in total. The zero-order valence-corrected chi connectivity index (χ0v) is 8.36. The number of benzene rings is 2. The van der Waals surface area contributed by atoms with E-state index in [0.29, 0.717) is 0 Å². The second-order valence-corrected chi connectivity index (χ2v) is 3.45. The standard InChI is InChI=1S/C13H11BF/c15-13-8-6-11(7-9-13)10-14-12-4-2-1-3-5-12/h1-9H,10H2/q-1. The van der Waals surface area contributed by atoms with Crippen molar-refractivity contribution in [3.8, 4) is 0 Å². The van der Waals surface area contributed by atoms with Crippen molar-refractivity contribution < 1.29 is 4.39 Å². The highest BCUT2D eigenvalue weighted by molar-refractivity contribution is 6.52. The molecule has 0 aliphatic carbocycles. The van der Waals surface area contributed by atoms with Crippen molar-refractivity contribution in [2.24, 2.45) is 0 Å². The Kier molecular flexibility index (Phi) is 3.18. The molecule has 2 heteroatoms. The number of hydrogen-bond acceptors (Lipinski definition) is 0. The van der Waals surface area contributed by atoms with Crippen LogP contribution in [0.5, 0.6) is 0 Å². The zero-order valence-electron chi connectivity index (χ0n) is 8.36. The van der Waals surface area contributed by atoms with Gasteiger partial charge in [0.1, 0.15) is 5.82 Å². The zero-order chi connectivity index (χ0) is 10.5. The summed E-state index contributed by atoms with van der Waals surface area (Å²) in [5.74, 6) is -0.182. The van der Waals surface area contributed by atoms with E-state index in [-0.39, 0.29) is 5.82 Å². The van der Waals surface area contributed by atoms with Crippen LogP contribution in [0, 0.1) is 5.82 Å². The average molecular weight is 197 g/mol. The van der Waals surface area contributed by atoms with Gasteiger partial charge in [0.2, 0.25) is 0 Å². The van der Waals surface area contributed by atoms with Gasteiger partial charge in [-0.1, -0.05) is 35.9 Å². The van der Waals surface area contributed by atoms with Crippen LogP contribution in [0.1, 0.15) is 5.56 Å². The van der Waals surface area contributed by atoms with Crippen molar-refractivity contribution in [1.82, 2.24) is 0 Å². The van der Waals surface area contributed by atoms with E-state index in [1.54, 1.807) is 0 Å². The molecule has 2 aromatic rings. The highest BCUT2D eigenvalue weighted by Crippen LogP contribution is 2.02. The molecular formula is C13H11BF-. The van der Waals surface area contributed by atoms with E-state index in [0.717, 1.165) is 11.9 Å². The van der Waals surface area contributed by atoms with Crippen LogP contribution in [-0.4, -0.2) is 7.28 Å². The molecule has 0 saturated heterocycles. The Labute approximate surface area is 90.0 Å². The Bertz CT molecular complexity index is 408. The van der Waals surface area contributed by atoms with Crippen LogP contribution >= 0.6 is 0 Å². The summed E-state index contributed by atoms with van der Waals surface area (Å²) in [5, 5.41) is 0. The molecule has 0 atom stereocenters. The van der Waals surface area contributed by atoms with E-state index in [4.69, 9.17) is 0 Å². The molecule has 0 N–H and O–H groups in total. The normalized spacial score (nSPS) is 10.2. The third-order valence-electron chi connectivity index (χ3n) is 2.29. The Hall–Kier alpha value is -1.57. The maximum absolute atomic E-state index is 12.6. The third kappa shape index (κ3) is 2.95. The van der Waals surface area contributed by atoms with Gasteiger partial charge in [-0.05, 0) is 12.1 Å². The Balaban J connectivity index is 1.96. The predicted molar refractivity (Wildman–Crippen MR) is 61.9 cm³/mol. The SMILES string of the molecule is Fc1ccc(C[B-]c2ccccc2)cc1. The minimum Gasteiger partial charge on any atom is -0.291 e. The van der Waals surface area contributed by atoms with Crippen molar-refractivity contribution in [1.29, 1.82) is 0 Å². The summed E-state index contributed by atoms with van der Waals surface area (Å²) in [4.78, 5) is 0. The van der Waals surface area contributed by atoms with Crippen LogP contribution in [0.25, 0.3) is 0 Å².